The number of para-hydroxylation sites is 1. The summed E-state index contributed by atoms with van der Waals surface area (Å²) in [5, 5.41) is 21.7. The van der Waals surface area contributed by atoms with Crippen LogP contribution >= 0.6 is 0 Å². The molecule has 0 fully saturated rings. The second-order valence-electron chi connectivity index (χ2n) is 6.53. The quantitative estimate of drug-likeness (QED) is 0.576. The third-order valence-corrected chi connectivity index (χ3v) is 4.70. The summed E-state index contributed by atoms with van der Waals surface area (Å²) in [6, 6.07) is 19.6. The van der Waals surface area contributed by atoms with Gasteiger partial charge in [0.05, 0.1) is 17.1 Å². The van der Waals surface area contributed by atoms with Crippen molar-refractivity contribution in [2.24, 2.45) is 10.2 Å². The lowest BCUT2D eigenvalue weighted by molar-refractivity contribution is 0.457. The van der Waals surface area contributed by atoms with E-state index in [1.807, 2.05) is 78.9 Å². The molecule has 1 aliphatic heterocycles. The van der Waals surface area contributed by atoms with Crippen molar-refractivity contribution in [2.45, 2.75) is 0 Å². The van der Waals surface area contributed by atoms with Crippen LogP contribution in [0.1, 0.15) is 11.3 Å². The SMILES string of the molecule is Oc1[nH]c2ccccc2c1C=c1ccc2c(c1)N=NC=2C=Cc1ccccn1. The molecule has 2 aromatic carbocycles. The Balaban J connectivity index is 1.56. The van der Waals surface area contributed by atoms with E-state index in [0.717, 1.165) is 44.0 Å². The maximum absolute atomic E-state index is 10.3. The molecule has 0 unspecified atom stereocenters. The number of H-pyrrole nitrogens is 1. The molecule has 0 aliphatic carbocycles. The first kappa shape index (κ1) is 16.2. The van der Waals surface area contributed by atoms with Crippen LogP contribution in [0.4, 0.5) is 5.69 Å². The van der Waals surface area contributed by atoms with Gasteiger partial charge in [0, 0.05) is 27.9 Å². The molecule has 1 aliphatic rings. The number of aromatic amines is 1. The topological polar surface area (TPSA) is 73.6 Å². The van der Waals surface area contributed by atoms with Crippen LogP contribution < -0.4 is 10.4 Å². The highest BCUT2D eigenvalue weighted by atomic mass is 16.3. The molecule has 0 bridgehead atoms. The lowest BCUT2D eigenvalue weighted by atomic mass is 10.1. The van der Waals surface area contributed by atoms with Crippen LogP contribution in [0, 0.1) is 0 Å². The first-order valence-corrected chi connectivity index (χ1v) is 8.94. The molecule has 5 nitrogen and oxygen atoms in total. The molecule has 0 atom stereocenters. The summed E-state index contributed by atoms with van der Waals surface area (Å²) in [6.07, 6.45) is 7.56. The number of pyridine rings is 1. The van der Waals surface area contributed by atoms with Gasteiger partial charge >= 0.3 is 0 Å². The van der Waals surface area contributed by atoms with Gasteiger partial charge in [-0.2, -0.15) is 0 Å². The third kappa shape index (κ3) is 2.89. The van der Waals surface area contributed by atoms with Crippen LogP contribution in [0.15, 0.2) is 83.2 Å². The molecule has 3 heterocycles. The maximum Gasteiger partial charge on any atom is 0.196 e. The molecule has 0 saturated heterocycles. The number of nitrogens with one attached hydrogen (secondary N) is 1. The monoisotopic (exact) mass is 364 g/mol. The van der Waals surface area contributed by atoms with E-state index >= 15 is 0 Å². The normalized spacial score (nSPS) is 13.7. The molecular formula is C23H16N4O. The Morgan fingerprint density at radius 3 is 2.68 bits per heavy atom. The average molecular weight is 364 g/mol. The molecule has 0 amide bonds. The molecule has 5 rings (SSSR count). The van der Waals surface area contributed by atoms with Crippen LogP contribution in [0.2, 0.25) is 0 Å². The van der Waals surface area contributed by atoms with Crippen LogP contribution in [0.25, 0.3) is 28.8 Å². The number of aromatic nitrogens is 2. The predicted molar refractivity (Wildman–Crippen MR) is 110 cm³/mol. The Morgan fingerprint density at radius 1 is 0.893 bits per heavy atom. The van der Waals surface area contributed by atoms with Crippen LogP contribution in [0.3, 0.4) is 0 Å². The number of fused-ring (bicyclic) bond motifs is 2. The number of nitrogens with zero attached hydrogens (tertiary/aromatic N) is 3. The Hall–Kier alpha value is -3.99. The largest absolute Gasteiger partial charge is 0.494 e. The van der Waals surface area contributed by atoms with Gasteiger partial charge in [0.2, 0.25) is 0 Å². The number of hydrogen-bond donors (Lipinski definition) is 2. The number of hydrogen-bond acceptors (Lipinski definition) is 4. The van der Waals surface area contributed by atoms with Crippen molar-refractivity contribution in [2.75, 3.05) is 0 Å². The van der Waals surface area contributed by atoms with E-state index in [4.69, 9.17) is 0 Å². The molecule has 5 heteroatoms. The molecule has 0 spiro atoms. The minimum atomic E-state index is 0.161. The van der Waals surface area contributed by atoms with Gasteiger partial charge in [0.1, 0.15) is 0 Å². The van der Waals surface area contributed by atoms with E-state index in [2.05, 4.69) is 20.2 Å². The number of benzene rings is 2. The zero-order valence-electron chi connectivity index (χ0n) is 14.9. The zero-order chi connectivity index (χ0) is 18.9. The summed E-state index contributed by atoms with van der Waals surface area (Å²) in [4.78, 5) is 7.28. The second-order valence-corrected chi connectivity index (χ2v) is 6.53. The fraction of sp³-hybridized carbons (Fsp3) is 0. The van der Waals surface area contributed by atoms with Gasteiger partial charge in [0.25, 0.3) is 0 Å². The summed E-state index contributed by atoms with van der Waals surface area (Å²) in [5.41, 5.74) is 4.17. The molecule has 4 aromatic rings. The van der Waals surface area contributed by atoms with E-state index in [9.17, 15) is 5.11 Å². The van der Waals surface area contributed by atoms with Crippen molar-refractivity contribution in [1.82, 2.24) is 9.97 Å². The van der Waals surface area contributed by atoms with E-state index in [-0.39, 0.29) is 5.88 Å². The Kier molecular flexibility index (Phi) is 3.84. The smallest absolute Gasteiger partial charge is 0.196 e. The van der Waals surface area contributed by atoms with E-state index in [0.29, 0.717) is 0 Å². The van der Waals surface area contributed by atoms with Crippen LogP contribution in [0.5, 0.6) is 5.88 Å². The van der Waals surface area contributed by atoms with Crippen LogP contribution in [-0.2, 0) is 0 Å². The molecular weight excluding hydrogens is 348 g/mol. The summed E-state index contributed by atoms with van der Waals surface area (Å²) in [6.45, 7) is 0. The first-order valence-electron chi connectivity index (χ1n) is 8.94. The Labute approximate surface area is 160 Å². The molecule has 134 valence electrons. The van der Waals surface area contributed by atoms with E-state index < -0.39 is 0 Å². The molecule has 0 saturated carbocycles. The molecule has 2 N–H and O–H groups in total. The fourth-order valence-corrected chi connectivity index (χ4v) is 3.32. The highest BCUT2D eigenvalue weighted by molar-refractivity contribution is 5.91. The van der Waals surface area contributed by atoms with Crippen molar-refractivity contribution >= 4 is 34.4 Å². The minimum absolute atomic E-state index is 0.161. The van der Waals surface area contributed by atoms with Crippen molar-refractivity contribution in [3.8, 4) is 5.88 Å². The standard InChI is InChI=1S/C23H16N4O/c28-23-19(17-6-1-2-7-20(17)25-23)13-15-8-10-18-21(26-27-22(18)14-15)11-9-16-5-3-4-12-24-16/h1-14,25,28H. The average Bonchev–Trinajstić information content (AvgIpc) is 3.28. The minimum Gasteiger partial charge on any atom is -0.494 e. The lowest BCUT2D eigenvalue weighted by Gasteiger charge is -1.94. The van der Waals surface area contributed by atoms with Gasteiger partial charge in [-0.05, 0) is 53.8 Å². The van der Waals surface area contributed by atoms with Crippen molar-refractivity contribution < 1.29 is 5.11 Å². The molecule has 2 aromatic heterocycles. The van der Waals surface area contributed by atoms with E-state index in [1.54, 1.807) is 6.20 Å². The molecule has 0 radical (unpaired) electrons. The summed E-state index contributed by atoms with van der Waals surface area (Å²) in [5.74, 6) is 0.161. The summed E-state index contributed by atoms with van der Waals surface area (Å²) >= 11 is 0. The maximum atomic E-state index is 10.3. The zero-order valence-corrected chi connectivity index (χ0v) is 14.9. The Morgan fingerprint density at radius 2 is 1.79 bits per heavy atom. The fourth-order valence-electron chi connectivity index (χ4n) is 3.32. The van der Waals surface area contributed by atoms with Gasteiger partial charge in [-0.1, -0.05) is 30.3 Å². The van der Waals surface area contributed by atoms with Gasteiger partial charge < -0.3 is 10.1 Å². The highest BCUT2D eigenvalue weighted by Gasteiger charge is 2.09. The van der Waals surface area contributed by atoms with Gasteiger partial charge in [-0.25, -0.2) is 0 Å². The summed E-state index contributed by atoms with van der Waals surface area (Å²) < 4.78 is 0. The van der Waals surface area contributed by atoms with Crippen molar-refractivity contribution in [3.05, 3.63) is 94.6 Å². The van der Waals surface area contributed by atoms with Gasteiger partial charge in [-0.3, -0.25) is 4.98 Å². The lowest BCUT2D eigenvalue weighted by Crippen LogP contribution is -2.08. The second kappa shape index (κ2) is 6.63. The highest BCUT2D eigenvalue weighted by Crippen LogP contribution is 2.27. The number of rotatable bonds is 3. The first-order chi connectivity index (χ1) is 13.8. The number of aromatic hydroxyl groups is 1. The third-order valence-electron chi connectivity index (χ3n) is 4.70. The summed E-state index contributed by atoms with van der Waals surface area (Å²) in [7, 11) is 0. The molecule has 28 heavy (non-hydrogen) atoms. The predicted octanol–water partition coefficient (Wildman–Crippen LogP) is 4.02. The van der Waals surface area contributed by atoms with Gasteiger partial charge in [0.15, 0.2) is 5.88 Å². The van der Waals surface area contributed by atoms with Crippen molar-refractivity contribution in [3.63, 3.8) is 0 Å². The number of azo groups is 1. The Bertz CT molecular complexity index is 1370. The van der Waals surface area contributed by atoms with E-state index in [1.165, 1.54) is 0 Å². The van der Waals surface area contributed by atoms with Gasteiger partial charge in [-0.15, -0.1) is 10.2 Å². The van der Waals surface area contributed by atoms with Crippen LogP contribution in [-0.4, -0.2) is 15.1 Å². The van der Waals surface area contributed by atoms with Crippen molar-refractivity contribution in [1.29, 1.82) is 0 Å².